The van der Waals surface area contributed by atoms with E-state index >= 15 is 0 Å². The molecule has 0 aromatic rings. The van der Waals surface area contributed by atoms with Crippen molar-refractivity contribution in [3.8, 4) is 0 Å². The largest absolute Gasteiger partial charge is 0.367 e. The Labute approximate surface area is 73.7 Å². The van der Waals surface area contributed by atoms with E-state index in [0.717, 1.165) is 12.5 Å². The van der Waals surface area contributed by atoms with Crippen molar-refractivity contribution in [2.75, 3.05) is 6.54 Å². The average Bonchev–Trinajstić information content (AvgIpc) is 1.96. The molecule has 0 aliphatic rings. The molecular formula is C9H17NO2. The highest BCUT2D eigenvalue weighted by molar-refractivity contribution is 5.80. The van der Waals surface area contributed by atoms with E-state index in [4.69, 9.17) is 0 Å². The van der Waals surface area contributed by atoms with Gasteiger partial charge in [0.1, 0.15) is 0 Å². The maximum Gasteiger partial charge on any atom is 0.348 e. The predicted octanol–water partition coefficient (Wildman–Crippen LogP) is 1.66. The quantitative estimate of drug-likeness (QED) is 0.397. The van der Waals surface area contributed by atoms with Crippen LogP contribution in [0.3, 0.4) is 0 Å². The van der Waals surface area contributed by atoms with Gasteiger partial charge in [0.05, 0.1) is 0 Å². The topological polar surface area (TPSA) is 38.3 Å². The van der Waals surface area contributed by atoms with Crippen LogP contribution in [0.15, 0.2) is 12.7 Å². The molecule has 0 aliphatic heterocycles. The van der Waals surface area contributed by atoms with Crippen molar-refractivity contribution in [1.29, 1.82) is 0 Å². The first-order valence-corrected chi connectivity index (χ1v) is 4.02. The normalized spacial score (nSPS) is 10.9. The second-order valence-corrected chi connectivity index (χ2v) is 3.83. The summed E-state index contributed by atoms with van der Waals surface area (Å²) in [5.41, 5.74) is 2.83. The van der Waals surface area contributed by atoms with Gasteiger partial charge in [-0.25, -0.2) is 4.79 Å². The molecule has 0 atom stereocenters. The van der Waals surface area contributed by atoms with Gasteiger partial charge in [-0.3, -0.25) is 0 Å². The minimum absolute atomic E-state index is 0.258. The van der Waals surface area contributed by atoms with Crippen LogP contribution in [-0.4, -0.2) is 12.5 Å². The molecule has 0 bridgehead atoms. The zero-order valence-corrected chi connectivity index (χ0v) is 8.02. The van der Waals surface area contributed by atoms with Gasteiger partial charge < -0.3 is 4.84 Å². The molecule has 0 aromatic carbocycles. The average molecular weight is 171 g/mol. The minimum atomic E-state index is -0.441. The van der Waals surface area contributed by atoms with E-state index in [1.807, 2.05) is 0 Å². The van der Waals surface area contributed by atoms with E-state index in [9.17, 15) is 4.79 Å². The van der Waals surface area contributed by atoms with Gasteiger partial charge in [0, 0.05) is 12.6 Å². The number of rotatable bonds is 4. The fourth-order valence-electron chi connectivity index (χ4n) is 0.590. The Hall–Kier alpha value is -0.830. The smallest absolute Gasteiger partial charge is 0.348 e. The molecular weight excluding hydrogens is 154 g/mol. The molecule has 0 rings (SSSR count). The predicted molar refractivity (Wildman–Crippen MR) is 48.4 cm³/mol. The Bertz CT molecular complexity index is 158. The zero-order chi connectivity index (χ0) is 9.61. The van der Waals surface area contributed by atoms with Crippen molar-refractivity contribution in [1.82, 2.24) is 5.48 Å². The molecule has 3 heteroatoms. The lowest BCUT2D eigenvalue weighted by atomic mass is 9.93. The molecule has 0 unspecified atom stereocenters. The molecule has 1 N–H and O–H groups in total. The van der Waals surface area contributed by atoms with E-state index in [1.54, 1.807) is 0 Å². The van der Waals surface area contributed by atoms with Gasteiger partial charge in [-0.1, -0.05) is 27.4 Å². The Balaban J connectivity index is 3.34. The summed E-state index contributed by atoms with van der Waals surface area (Å²) in [7, 11) is 0. The molecule has 12 heavy (non-hydrogen) atoms. The van der Waals surface area contributed by atoms with E-state index in [2.05, 4.69) is 37.7 Å². The van der Waals surface area contributed by atoms with E-state index < -0.39 is 5.97 Å². The Morgan fingerprint density at radius 1 is 1.58 bits per heavy atom. The van der Waals surface area contributed by atoms with Crippen LogP contribution in [0.2, 0.25) is 0 Å². The van der Waals surface area contributed by atoms with Crippen molar-refractivity contribution in [3.63, 3.8) is 0 Å². The zero-order valence-electron chi connectivity index (χ0n) is 8.02. The van der Waals surface area contributed by atoms with Gasteiger partial charge in [0.25, 0.3) is 0 Å². The summed E-state index contributed by atoms with van der Waals surface area (Å²) in [6, 6.07) is 0. The van der Waals surface area contributed by atoms with Crippen molar-refractivity contribution >= 4 is 5.97 Å². The molecule has 0 saturated heterocycles. The molecule has 0 heterocycles. The number of carbonyl (C=O) groups excluding carboxylic acids is 1. The Morgan fingerprint density at radius 2 is 2.17 bits per heavy atom. The molecule has 0 spiro atoms. The second kappa shape index (κ2) is 4.93. The Morgan fingerprint density at radius 3 is 2.58 bits per heavy atom. The lowest BCUT2D eigenvalue weighted by Crippen LogP contribution is -2.23. The fourth-order valence-corrected chi connectivity index (χ4v) is 0.590. The van der Waals surface area contributed by atoms with Gasteiger partial charge in [-0.2, -0.15) is 5.48 Å². The summed E-state index contributed by atoms with van der Waals surface area (Å²) in [5, 5.41) is 0. The molecule has 0 aliphatic carbocycles. The molecule has 3 nitrogen and oxygen atoms in total. The van der Waals surface area contributed by atoms with E-state index in [-0.39, 0.29) is 5.41 Å². The van der Waals surface area contributed by atoms with Crippen molar-refractivity contribution in [2.24, 2.45) is 5.41 Å². The van der Waals surface area contributed by atoms with Crippen molar-refractivity contribution < 1.29 is 9.63 Å². The summed E-state index contributed by atoms with van der Waals surface area (Å²) in [6.07, 6.45) is 2.08. The van der Waals surface area contributed by atoms with Crippen LogP contribution in [0.1, 0.15) is 27.2 Å². The molecule has 70 valence electrons. The maximum atomic E-state index is 10.5. The number of hydroxylamine groups is 1. The summed E-state index contributed by atoms with van der Waals surface area (Å²) in [5.74, 6) is -0.441. The van der Waals surface area contributed by atoms with E-state index in [1.165, 1.54) is 0 Å². The van der Waals surface area contributed by atoms with Crippen LogP contribution in [-0.2, 0) is 9.63 Å². The number of carbonyl (C=O) groups is 1. The van der Waals surface area contributed by atoms with Crippen LogP contribution in [0.5, 0.6) is 0 Å². The monoisotopic (exact) mass is 171 g/mol. The molecule has 0 amide bonds. The van der Waals surface area contributed by atoms with Gasteiger partial charge in [-0.05, 0) is 11.8 Å². The number of hydrogen-bond donors (Lipinski definition) is 1. The van der Waals surface area contributed by atoms with Crippen LogP contribution < -0.4 is 5.48 Å². The van der Waals surface area contributed by atoms with E-state index in [0.29, 0.717) is 6.54 Å². The summed E-state index contributed by atoms with van der Waals surface area (Å²) in [4.78, 5) is 15.1. The highest BCUT2D eigenvalue weighted by Gasteiger charge is 2.09. The third-order valence-corrected chi connectivity index (χ3v) is 1.32. The first-order valence-electron chi connectivity index (χ1n) is 4.02. The number of hydrogen-bond acceptors (Lipinski definition) is 3. The molecule has 0 fully saturated rings. The Kier molecular flexibility index (Phi) is 4.59. The van der Waals surface area contributed by atoms with Crippen LogP contribution >= 0.6 is 0 Å². The van der Waals surface area contributed by atoms with Gasteiger partial charge >= 0.3 is 5.97 Å². The SMILES string of the molecule is C=CC(=O)ONCCC(C)(C)C. The summed E-state index contributed by atoms with van der Waals surface area (Å²) < 4.78 is 0. The van der Waals surface area contributed by atoms with Gasteiger partial charge in [0.2, 0.25) is 0 Å². The lowest BCUT2D eigenvalue weighted by Gasteiger charge is -2.17. The van der Waals surface area contributed by atoms with Crippen LogP contribution in [0, 0.1) is 5.41 Å². The molecule has 0 saturated carbocycles. The van der Waals surface area contributed by atoms with Crippen molar-refractivity contribution in [2.45, 2.75) is 27.2 Å². The first-order chi connectivity index (χ1) is 5.45. The maximum absolute atomic E-state index is 10.5. The summed E-state index contributed by atoms with van der Waals surface area (Å²) in [6.45, 7) is 10.3. The standard InChI is InChI=1S/C9H17NO2/c1-5-8(11)12-10-7-6-9(2,3)4/h5,10H,1,6-7H2,2-4H3. The van der Waals surface area contributed by atoms with Gasteiger partial charge in [-0.15, -0.1) is 0 Å². The molecule has 0 aromatic heterocycles. The first kappa shape index (κ1) is 11.2. The number of nitrogens with one attached hydrogen (secondary N) is 1. The third kappa shape index (κ3) is 7.28. The summed E-state index contributed by atoms with van der Waals surface area (Å²) >= 11 is 0. The molecule has 0 radical (unpaired) electrons. The van der Waals surface area contributed by atoms with Crippen LogP contribution in [0.25, 0.3) is 0 Å². The third-order valence-electron chi connectivity index (χ3n) is 1.32. The fraction of sp³-hybridized carbons (Fsp3) is 0.667. The van der Waals surface area contributed by atoms with Crippen LogP contribution in [0.4, 0.5) is 0 Å². The van der Waals surface area contributed by atoms with Crippen molar-refractivity contribution in [3.05, 3.63) is 12.7 Å². The minimum Gasteiger partial charge on any atom is -0.367 e. The second-order valence-electron chi connectivity index (χ2n) is 3.83. The van der Waals surface area contributed by atoms with Gasteiger partial charge in [0.15, 0.2) is 0 Å². The highest BCUT2D eigenvalue weighted by Crippen LogP contribution is 2.16. The highest BCUT2D eigenvalue weighted by atomic mass is 16.7. The lowest BCUT2D eigenvalue weighted by molar-refractivity contribution is -0.145.